The molecular formula is C23H39ClN2O3. The molecule has 0 saturated heterocycles. The van der Waals surface area contributed by atoms with Crippen LogP contribution in [0.5, 0.6) is 11.5 Å². The van der Waals surface area contributed by atoms with Gasteiger partial charge >= 0.3 is 0 Å². The van der Waals surface area contributed by atoms with Crippen molar-refractivity contribution >= 4 is 24.0 Å². The molecule has 1 fully saturated rings. The third-order valence-corrected chi connectivity index (χ3v) is 5.62. The maximum atomic E-state index is 12.4. The first-order valence-electron chi connectivity index (χ1n) is 10.7. The molecule has 29 heavy (non-hydrogen) atoms. The molecule has 0 unspecified atom stereocenters. The summed E-state index contributed by atoms with van der Waals surface area (Å²) in [5.74, 6) is 2.79. The number of benzene rings is 1. The van der Waals surface area contributed by atoms with Crippen molar-refractivity contribution in [3.8, 4) is 11.5 Å². The van der Waals surface area contributed by atoms with Crippen LogP contribution in [-0.2, 0) is 4.79 Å². The summed E-state index contributed by atoms with van der Waals surface area (Å²) in [6.07, 6.45) is 7.15. The Bertz CT molecular complexity index is 629. The van der Waals surface area contributed by atoms with Gasteiger partial charge in [-0.05, 0) is 57.3 Å². The second-order valence-corrected chi connectivity index (χ2v) is 8.32. The van der Waals surface area contributed by atoms with Crippen LogP contribution in [0, 0.1) is 5.92 Å². The lowest BCUT2D eigenvalue weighted by atomic mass is 9.78. The number of nitrogens with one attached hydrogen (secondary N) is 1. The summed E-state index contributed by atoms with van der Waals surface area (Å²) in [5, 5.41) is 3.15. The number of likely N-dealkylation sites (N-methyl/N-ethyl adjacent to an activating group) is 1. The number of ether oxygens (including phenoxy) is 2. The van der Waals surface area contributed by atoms with Gasteiger partial charge in [0.15, 0.2) is 11.5 Å². The average Bonchev–Trinajstić information content (AvgIpc) is 2.67. The normalized spacial score (nSPS) is 18.8. The summed E-state index contributed by atoms with van der Waals surface area (Å²) >= 11 is 0. The first kappa shape index (κ1) is 25.6. The number of carbonyl (C=O) groups is 1. The van der Waals surface area contributed by atoms with E-state index in [1.165, 1.54) is 12.8 Å². The molecule has 1 aromatic rings. The zero-order chi connectivity index (χ0) is 20.5. The fourth-order valence-electron chi connectivity index (χ4n) is 3.86. The van der Waals surface area contributed by atoms with E-state index >= 15 is 0 Å². The van der Waals surface area contributed by atoms with Crippen LogP contribution in [0.3, 0.4) is 0 Å². The van der Waals surface area contributed by atoms with E-state index in [1.54, 1.807) is 7.11 Å². The number of anilines is 1. The lowest BCUT2D eigenvalue weighted by Crippen LogP contribution is -2.20. The maximum absolute atomic E-state index is 12.4. The molecule has 1 aromatic carbocycles. The summed E-state index contributed by atoms with van der Waals surface area (Å²) in [7, 11) is 5.76. The Labute approximate surface area is 182 Å². The van der Waals surface area contributed by atoms with Crippen molar-refractivity contribution in [3.05, 3.63) is 17.7 Å². The monoisotopic (exact) mass is 426 g/mol. The molecule has 0 bridgehead atoms. The van der Waals surface area contributed by atoms with Crippen molar-refractivity contribution in [1.82, 2.24) is 4.90 Å². The topological polar surface area (TPSA) is 50.8 Å². The molecule has 1 aliphatic rings. The van der Waals surface area contributed by atoms with Gasteiger partial charge in [0.2, 0.25) is 5.91 Å². The van der Waals surface area contributed by atoms with Crippen LogP contribution in [0.2, 0.25) is 0 Å². The molecule has 6 heteroatoms. The Balaban J connectivity index is 0.00000420. The Morgan fingerprint density at radius 1 is 1.21 bits per heavy atom. The summed E-state index contributed by atoms with van der Waals surface area (Å²) in [6, 6.07) is 3.92. The van der Waals surface area contributed by atoms with Crippen LogP contribution in [0.15, 0.2) is 12.1 Å². The van der Waals surface area contributed by atoms with Crippen molar-refractivity contribution in [1.29, 1.82) is 0 Å². The zero-order valence-corrected chi connectivity index (χ0v) is 19.6. The predicted octanol–water partition coefficient (Wildman–Crippen LogP) is 5.48. The first-order valence-corrected chi connectivity index (χ1v) is 10.7. The first-order chi connectivity index (χ1) is 13.5. The van der Waals surface area contributed by atoms with E-state index in [2.05, 4.69) is 24.1 Å². The van der Waals surface area contributed by atoms with Gasteiger partial charge in [-0.3, -0.25) is 4.79 Å². The van der Waals surface area contributed by atoms with Crippen molar-refractivity contribution in [2.24, 2.45) is 5.92 Å². The Morgan fingerprint density at radius 2 is 1.90 bits per heavy atom. The van der Waals surface area contributed by atoms with Gasteiger partial charge in [0.05, 0.1) is 7.11 Å². The highest BCUT2D eigenvalue weighted by Crippen LogP contribution is 2.46. The minimum Gasteiger partial charge on any atom is -0.492 e. The van der Waals surface area contributed by atoms with Gasteiger partial charge in [-0.15, -0.1) is 12.4 Å². The van der Waals surface area contributed by atoms with Gasteiger partial charge in [0.25, 0.3) is 0 Å². The highest BCUT2D eigenvalue weighted by atomic mass is 35.5. The molecule has 1 N–H and O–H groups in total. The van der Waals surface area contributed by atoms with E-state index in [4.69, 9.17) is 9.47 Å². The molecule has 0 aliphatic heterocycles. The van der Waals surface area contributed by atoms with Crippen LogP contribution in [0.4, 0.5) is 5.69 Å². The summed E-state index contributed by atoms with van der Waals surface area (Å²) in [4.78, 5) is 14.5. The highest BCUT2D eigenvalue weighted by molar-refractivity contribution is 5.92. The standard InChI is InChI=1S/C23H38N2O3.ClH/c1-6-7-8-21(26)24-19-13-14-20(28-16-15-25(3)4)23(27-5)22(19)18-11-9-17(2)10-12-18;/h13-14,17-18H,6-12,15-16H2,1-5H3,(H,24,26);1H. The zero-order valence-electron chi connectivity index (χ0n) is 18.8. The van der Waals surface area contributed by atoms with E-state index in [9.17, 15) is 4.79 Å². The molecule has 5 nitrogen and oxygen atoms in total. The number of carbonyl (C=O) groups excluding carboxylic acids is 1. The van der Waals surface area contributed by atoms with Gasteiger partial charge in [0.1, 0.15) is 6.61 Å². The lowest BCUT2D eigenvalue weighted by Gasteiger charge is -2.30. The van der Waals surface area contributed by atoms with Crippen molar-refractivity contribution in [2.75, 3.05) is 39.7 Å². The predicted molar refractivity (Wildman–Crippen MR) is 123 cm³/mol. The molecule has 0 atom stereocenters. The molecule has 0 heterocycles. The van der Waals surface area contributed by atoms with Crippen LogP contribution in [0.25, 0.3) is 0 Å². The summed E-state index contributed by atoms with van der Waals surface area (Å²) in [5.41, 5.74) is 2.00. The van der Waals surface area contributed by atoms with E-state index in [-0.39, 0.29) is 18.3 Å². The van der Waals surface area contributed by atoms with Crippen LogP contribution >= 0.6 is 12.4 Å². The molecule has 2 rings (SSSR count). The molecule has 0 aromatic heterocycles. The van der Waals surface area contributed by atoms with Gasteiger partial charge in [0, 0.05) is 24.2 Å². The Kier molecular flexibility index (Phi) is 11.4. The molecule has 166 valence electrons. The number of hydrogen-bond acceptors (Lipinski definition) is 4. The highest BCUT2D eigenvalue weighted by Gasteiger charge is 2.27. The van der Waals surface area contributed by atoms with Crippen LogP contribution < -0.4 is 14.8 Å². The van der Waals surface area contributed by atoms with Gasteiger partial charge < -0.3 is 19.7 Å². The van der Waals surface area contributed by atoms with E-state index in [1.807, 2.05) is 26.2 Å². The Morgan fingerprint density at radius 3 is 2.48 bits per heavy atom. The smallest absolute Gasteiger partial charge is 0.224 e. The molecular weight excluding hydrogens is 388 g/mol. The van der Waals surface area contributed by atoms with Gasteiger partial charge in [-0.2, -0.15) is 0 Å². The van der Waals surface area contributed by atoms with E-state index < -0.39 is 0 Å². The van der Waals surface area contributed by atoms with Gasteiger partial charge in [-0.1, -0.05) is 33.1 Å². The third kappa shape index (κ3) is 7.71. The SMILES string of the molecule is CCCCC(=O)Nc1ccc(OCCN(C)C)c(OC)c1C1CCC(C)CC1.Cl. The van der Waals surface area contributed by atoms with E-state index in [0.29, 0.717) is 18.9 Å². The van der Waals surface area contributed by atoms with Crippen LogP contribution in [0.1, 0.15) is 70.3 Å². The molecule has 1 aliphatic carbocycles. The van der Waals surface area contributed by atoms with Crippen molar-refractivity contribution < 1.29 is 14.3 Å². The fourth-order valence-corrected chi connectivity index (χ4v) is 3.86. The largest absolute Gasteiger partial charge is 0.492 e. The van der Waals surface area contributed by atoms with Gasteiger partial charge in [-0.25, -0.2) is 0 Å². The third-order valence-electron chi connectivity index (χ3n) is 5.62. The minimum absolute atomic E-state index is 0. The van der Waals surface area contributed by atoms with Crippen molar-refractivity contribution in [2.45, 2.75) is 64.7 Å². The fraction of sp³-hybridized carbons (Fsp3) is 0.696. The number of halogens is 1. The second kappa shape index (κ2) is 13.0. The molecule has 1 saturated carbocycles. The molecule has 0 spiro atoms. The number of hydrogen-bond donors (Lipinski definition) is 1. The van der Waals surface area contributed by atoms with Crippen molar-refractivity contribution in [3.63, 3.8) is 0 Å². The maximum Gasteiger partial charge on any atom is 0.224 e. The lowest BCUT2D eigenvalue weighted by molar-refractivity contribution is -0.116. The van der Waals surface area contributed by atoms with E-state index in [0.717, 1.165) is 60.9 Å². The Hall–Kier alpha value is -1.46. The number of nitrogens with zero attached hydrogens (tertiary/aromatic N) is 1. The minimum atomic E-state index is 0. The quantitative estimate of drug-likeness (QED) is 0.538. The average molecular weight is 427 g/mol. The summed E-state index contributed by atoms with van der Waals surface area (Å²) in [6.45, 7) is 5.87. The second-order valence-electron chi connectivity index (χ2n) is 8.32. The molecule has 1 amide bonds. The number of rotatable bonds is 10. The number of unbranched alkanes of at least 4 members (excludes halogenated alkanes) is 1. The van der Waals surface area contributed by atoms with Crippen LogP contribution in [-0.4, -0.2) is 45.2 Å². The molecule has 0 radical (unpaired) electrons. The number of methoxy groups -OCH3 is 1. The number of amides is 1. The summed E-state index contributed by atoms with van der Waals surface area (Å²) < 4.78 is 11.9.